The minimum atomic E-state index is -4.79. The molecule has 2 aromatic rings. The number of amides is 1. The molecule has 1 N–H and O–H groups in total. The number of ether oxygens (including phenoxy) is 1. The monoisotopic (exact) mass is 344 g/mol. The third-order valence-corrected chi connectivity index (χ3v) is 2.77. The fourth-order valence-corrected chi connectivity index (χ4v) is 1.75. The van der Waals surface area contributed by atoms with Crippen LogP contribution in [0.4, 0.5) is 19.0 Å². The van der Waals surface area contributed by atoms with E-state index in [0.717, 1.165) is 12.1 Å². The first-order valence-corrected chi connectivity index (χ1v) is 6.58. The lowest BCUT2D eigenvalue weighted by atomic mass is 10.3. The summed E-state index contributed by atoms with van der Waals surface area (Å²) in [4.78, 5) is 11.4. The van der Waals surface area contributed by atoms with Crippen LogP contribution in [0.2, 0.25) is 0 Å². The number of benzene rings is 1. The molecule has 0 radical (unpaired) electrons. The molecule has 120 valence electrons. The fourth-order valence-electron chi connectivity index (χ4n) is 1.69. The number of hydrogen-bond acceptors (Lipinski definition) is 4. The van der Waals surface area contributed by atoms with Crippen LogP contribution in [0, 0.1) is 11.3 Å². The standard InChI is InChI=1S/C13H8ClF3N4O2/c14-6-12(22)19-11-5-8(7-18)20-21(11)9-1-3-10(4-2-9)23-13(15,16)17/h1-5H,6H2,(H,19,22). The summed E-state index contributed by atoms with van der Waals surface area (Å²) in [5, 5.41) is 15.2. The highest BCUT2D eigenvalue weighted by Crippen LogP contribution is 2.25. The van der Waals surface area contributed by atoms with E-state index in [1.165, 1.54) is 22.9 Å². The van der Waals surface area contributed by atoms with Crippen LogP contribution in [0.25, 0.3) is 5.69 Å². The lowest BCUT2D eigenvalue weighted by molar-refractivity contribution is -0.274. The molecule has 0 bridgehead atoms. The zero-order chi connectivity index (χ0) is 17.0. The number of carbonyl (C=O) groups excluding carboxylic acids is 1. The van der Waals surface area contributed by atoms with Gasteiger partial charge in [0.25, 0.3) is 0 Å². The molecule has 23 heavy (non-hydrogen) atoms. The van der Waals surface area contributed by atoms with Gasteiger partial charge in [0.2, 0.25) is 5.91 Å². The van der Waals surface area contributed by atoms with Crippen LogP contribution in [0.5, 0.6) is 5.75 Å². The minimum absolute atomic E-state index is 0.0190. The third-order valence-electron chi connectivity index (χ3n) is 2.53. The number of nitrogens with one attached hydrogen (secondary N) is 1. The zero-order valence-electron chi connectivity index (χ0n) is 11.3. The molecular weight excluding hydrogens is 337 g/mol. The van der Waals surface area contributed by atoms with E-state index >= 15 is 0 Å². The molecule has 1 aromatic heterocycles. The van der Waals surface area contributed by atoms with Crippen LogP contribution in [-0.4, -0.2) is 27.9 Å². The quantitative estimate of drug-likeness (QED) is 0.865. The number of hydrogen-bond donors (Lipinski definition) is 1. The summed E-state index contributed by atoms with van der Waals surface area (Å²) in [7, 11) is 0. The average Bonchev–Trinajstić information content (AvgIpc) is 2.89. The molecule has 0 fully saturated rings. The first kappa shape index (κ1) is 16.6. The number of carbonyl (C=O) groups is 1. The molecule has 0 aliphatic heterocycles. The molecule has 0 atom stereocenters. The number of rotatable bonds is 4. The van der Waals surface area contributed by atoms with Crippen molar-refractivity contribution in [3.8, 4) is 17.5 Å². The second-order valence-electron chi connectivity index (χ2n) is 4.16. The van der Waals surface area contributed by atoms with Gasteiger partial charge in [-0.1, -0.05) is 0 Å². The highest BCUT2D eigenvalue weighted by molar-refractivity contribution is 6.29. The molecule has 0 saturated heterocycles. The number of anilines is 1. The highest BCUT2D eigenvalue weighted by Gasteiger charge is 2.31. The summed E-state index contributed by atoms with van der Waals surface area (Å²) < 4.78 is 41.3. The van der Waals surface area contributed by atoms with Gasteiger partial charge in [0.1, 0.15) is 23.5 Å². The molecule has 0 saturated carbocycles. The van der Waals surface area contributed by atoms with Crippen molar-refractivity contribution in [1.29, 1.82) is 5.26 Å². The molecule has 0 spiro atoms. The van der Waals surface area contributed by atoms with Gasteiger partial charge in [-0.15, -0.1) is 24.8 Å². The second-order valence-corrected chi connectivity index (χ2v) is 4.43. The Balaban J connectivity index is 2.32. The number of aromatic nitrogens is 2. The summed E-state index contributed by atoms with van der Waals surface area (Å²) >= 11 is 5.39. The van der Waals surface area contributed by atoms with Crippen molar-refractivity contribution in [3.05, 3.63) is 36.0 Å². The first-order chi connectivity index (χ1) is 10.8. The third kappa shape index (κ3) is 4.37. The van der Waals surface area contributed by atoms with Crippen molar-refractivity contribution in [2.45, 2.75) is 6.36 Å². The van der Waals surface area contributed by atoms with Gasteiger partial charge in [-0.3, -0.25) is 4.79 Å². The summed E-state index contributed by atoms with van der Waals surface area (Å²) in [5.41, 5.74) is 0.344. The molecule has 1 aromatic carbocycles. The van der Waals surface area contributed by atoms with Crippen molar-refractivity contribution >= 4 is 23.3 Å². The van der Waals surface area contributed by atoms with Crippen molar-refractivity contribution < 1.29 is 22.7 Å². The lowest BCUT2D eigenvalue weighted by Gasteiger charge is -2.11. The van der Waals surface area contributed by atoms with E-state index in [0.29, 0.717) is 5.69 Å². The van der Waals surface area contributed by atoms with Crippen molar-refractivity contribution in [3.63, 3.8) is 0 Å². The van der Waals surface area contributed by atoms with Crippen molar-refractivity contribution in [2.24, 2.45) is 0 Å². The largest absolute Gasteiger partial charge is 0.573 e. The van der Waals surface area contributed by atoms with Crippen LogP contribution >= 0.6 is 11.6 Å². The van der Waals surface area contributed by atoms with Crippen LogP contribution in [-0.2, 0) is 4.79 Å². The molecule has 0 unspecified atom stereocenters. The lowest BCUT2D eigenvalue weighted by Crippen LogP contribution is -2.17. The van der Waals surface area contributed by atoms with Crippen LogP contribution < -0.4 is 10.1 Å². The average molecular weight is 345 g/mol. The van der Waals surface area contributed by atoms with Gasteiger partial charge >= 0.3 is 6.36 Å². The van der Waals surface area contributed by atoms with Gasteiger partial charge < -0.3 is 10.1 Å². The maximum absolute atomic E-state index is 12.1. The first-order valence-electron chi connectivity index (χ1n) is 6.04. The molecule has 0 aliphatic rings. The Kier molecular flexibility index (Phi) is 4.76. The zero-order valence-corrected chi connectivity index (χ0v) is 12.0. The number of nitrogens with zero attached hydrogens (tertiary/aromatic N) is 3. The predicted octanol–water partition coefficient (Wildman–Crippen LogP) is 2.82. The van der Waals surface area contributed by atoms with Gasteiger partial charge in [-0.05, 0) is 24.3 Å². The topological polar surface area (TPSA) is 79.9 Å². The van der Waals surface area contributed by atoms with Gasteiger partial charge in [0.15, 0.2) is 5.69 Å². The Bertz CT molecular complexity index is 750. The molecular formula is C13H8ClF3N4O2. The number of alkyl halides is 4. The summed E-state index contributed by atoms with van der Waals surface area (Å²) in [6.07, 6.45) is -4.79. The van der Waals surface area contributed by atoms with Gasteiger partial charge in [-0.25, -0.2) is 4.68 Å². The Morgan fingerprint density at radius 1 is 1.39 bits per heavy atom. The molecule has 1 heterocycles. The van der Waals surface area contributed by atoms with Crippen LogP contribution in [0.3, 0.4) is 0 Å². The van der Waals surface area contributed by atoms with E-state index in [1.54, 1.807) is 6.07 Å². The van der Waals surface area contributed by atoms with E-state index in [9.17, 15) is 18.0 Å². The molecule has 6 nitrogen and oxygen atoms in total. The Morgan fingerprint density at radius 2 is 2.04 bits per heavy atom. The SMILES string of the molecule is N#Cc1cc(NC(=O)CCl)n(-c2ccc(OC(F)(F)F)cc2)n1. The maximum atomic E-state index is 12.1. The Hall–Kier alpha value is -2.73. The maximum Gasteiger partial charge on any atom is 0.573 e. The molecule has 10 heteroatoms. The van der Waals surface area contributed by atoms with Crippen LogP contribution in [0.1, 0.15) is 5.69 Å². The van der Waals surface area contributed by atoms with E-state index < -0.39 is 18.0 Å². The fraction of sp³-hybridized carbons (Fsp3) is 0.154. The van der Waals surface area contributed by atoms with E-state index in [4.69, 9.17) is 16.9 Å². The predicted molar refractivity (Wildman–Crippen MR) is 74.3 cm³/mol. The van der Waals surface area contributed by atoms with E-state index in [1.807, 2.05) is 0 Å². The van der Waals surface area contributed by atoms with Crippen molar-refractivity contribution in [1.82, 2.24) is 9.78 Å². The second kappa shape index (κ2) is 6.58. The van der Waals surface area contributed by atoms with Crippen LogP contribution in [0.15, 0.2) is 30.3 Å². The van der Waals surface area contributed by atoms with E-state index in [-0.39, 0.29) is 17.4 Å². The summed E-state index contributed by atoms with van der Waals surface area (Å²) in [6, 6.07) is 7.88. The normalized spacial score (nSPS) is 10.9. The minimum Gasteiger partial charge on any atom is -0.406 e. The van der Waals surface area contributed by atoms with E-state index in [2.05, 4.69) is 15.2 Å². The van der Waals surface area contributed by atoms with Gasteiger partial charge in [0.05, 0.1) is 5.69 Å². The van der Waals surface area contributed by atoms with Crippen molar-refractivity contribution in [2.75, 3.05) is 11.2 Å². The molecule has 0 aliphatic carbocycles. The molecule has 1 amide bonds. The molecule has 2 rings (SSSR count). The summed E-state index contributed by atoms with van der Waals surface area (Å²) in [6.45, 7) is 0. The highest BCUT2D eigenvalue weighted by atomic mass is 35.5. The smallest absolute Gasteiger partial charge is 0.406 e. The van der Waals surface area contributed by atoms with Gasteiger partial charge in [0, 0.05) is 6.07 Å². The Morgan fingerprint density at radius 3 is 2.57 bits per heavy atom. The Labute approximate surface area is 133 Å². The number of nitriles is 1. The summed E-state index contributed by atoms with van der Waals surface area (Å²) in [5.74, 6) is -1.06. The van der Waals surface area contributed by atoms with Gasteiger partial charge in [-0.2, -0.15) is 10.4 Å². The number of halogens is 4.